The molecule has 0 atom stereocenters. The molecule has 0 spiro atoms. The summed E-state index contributed by atoms with van der Waals surface area (Å²) >= 11 is 0. The van der Waals surface area contributed by atoms with E-state index in [-0.39, 0.29) is 6.61 Å². The normalized spacial score (nSPS) is 10.8. The Kier molecular flexibility index (Phi) is 8.66. The van der Waals surface area contributed by atoms with Gasteiger partial charge in [0.1, 0.15) is 0 Å². The summed E-state index contributed by atoms with van der Waals surface area (Å²) in [6.45, 7) is 3.87. The third-order valence-corrected chi connectivity index (χ3v) is 2.71. The van der Waals surface area contributed by atoms with Crippen molar-refractivity contribution in [1.29, 1.82) is 0 Å². The van der Waals surface area contributed by atoms with E-state index in [1.165, 1.54) is 6.08 Å². The Morgan fingerprint density at radius 3 is 2.26 bits per heavy atom. The number of hydrogen-bond donors (Lipinski definition) is 0. The Morgan fingerprint density at radius 2 is 1.70 bits per heavy atom. The molecular weight excluding hydrogens is 296 g/mol. The van der Waals surface area contributed by atoms with Crippen molar-refractivity contribution in [3.8, 4) is 0 Å². The highest BCUT2D eigenvalue weighted by Gasteiger charge is 1.99. The lowest BCUT2D eigenvalue weighted by Crippen LogP contribution is -2.05. The zero-order valence-electron chi connectivity index (χ0n) is 13.1. The van der Waals surface area contributed by atoms with E-state index in [4.69, 9.17) is 9.47 Å². The quantitative estimate of drug-likeness (QED) is 0.302. The summed E-state index contributed by atoms with van der Waals surface area (Å²) in [5.41, 5.74) is 1.62. The number of hydrogen-bond acceptors (Lipinski definition) is 6. The molecule has 0 fully saturated rings. The van der Waals surface area contributed by atoms with Crippen LogP contribution in [0.1, 0.15) is 18.4 Å². The van der Waals surface area contributed by atoms with Gasteiger partial charge in [-0.3, -0.25) is 0 Å². The van der Waals surface area contributed by atoms with Crippen molar-refractivity contribution in [2.75, 3.05) is 20.3 Å². The van der Waals surface area contributed by atoms with Crippen molar-refractivity contribution in [3.63, 3.8) is 0 Å². The predicted octanol–water partition coefficient (Wildman–Crippen LogP) is 3.47. The molecule has 0 radical (unpaired) electrons. The first kappa shape index (κ1) is 18.3. The second-order valence-electron chi connectivity index (χ2n) is 4.47. The van der Waals surface area contributed by atoms with Crippen LogP contribution in [0.3, 0.4) is 0 Å². The molecule has 6 heteroatoms. The van der Waals surface area contributed by atoms with Gasteiger partial charge in [0.25, 0.3) is 0 Å². The SMILES string of the molecule is C=CC(=O)OCCCCOC(=O)C=Cc1ccc(N=NC)cc1. The van der Waals surface area contributed by atoms with Gasteiger partial charge in [0, 0.05) is 19.2 Å². The van der Waals surface area contributed by atoms with E-state index >= 15 is 0 Å². The maximum atomic E-state index is 11.5. The van der Waals surface area contributed by atoms with Gasteiger partial charge in [-0.05, 0) is 36.6 Å². The van der Waals surface area contributed by atoms with Crippen LogP contribution in [0, 0.1) is 0 Å². The fourth-order valence-electron chi connectivity index (χ4n) is 1.59. The monoisotopic (exact) mass is 316 g/mol. The van der Waals surface area contributed by atoms with Crippen LogP contribution < -0.4 is 0 Å². The molecule has 0 aliphatic carbocycles. The lowest BCUT2D eigenvalue weighted by molar-refractivity contribution is -0.140. The van der Waals surface area contributed by atoms with Crippen LogP contribution in [0.4, 0.5) is 5.69 Å². The van der Waals surface area contributed by atoms with Crippen LogP contribution in [0.15, 0.2) is 53.2 Å². The lowest BCUT2D eigenvalue weighted by Gasteiger charge is -2.03. The molecule has 0 unspecified atom stereocenters. The average molecular weight is 316 g/mol. The molecule has 122 valence electrons. The molecule has 0 amide bonds. The van der Waals surface area contributed by atoms with Crippen LogP contribution in [-0.2, 0) is 19.1 Å². The number of benzene rings is 1. The first-order chi connectivity index (χ1) is 11.2. The molecule has 0 saturated heterocycles. The fourth-order valence-corrected chi connectivity index (χ4v) is 1.59. The highest BCUT2D eigenvalue weighted by molar-refractivity contribution is 5.87. The number of esters is 2. The molecule has 0 heterocycles. The van der Waals surface area contributed by atoms with Crippen LogP contribution in [0.5, 0.6) is 0 Å². The van der Waals surface area contributed by atoms with Gasteiger partial charge in [-0.15, -0.1) is 0 Å². The molecule has 0 saturated carbocycles. The Labute approximate surface area is 135 Å². The Hall–Kier alpha value is -2.76. The van der Waals surface area contributed by atoms with E-state index < -0.39 is 11.9 Å². The summed E-state index contributed by atoms with van der Waals surface area (Å²) in [4.78, 5) is 22.3. The summed E-state index contributed by atoms with van der Waals surface area (Å²) in [6, 6.07) is 7.29. The molecule has 0 aliphatic heterocycles. The number of azo groups is 1. The smallest absolute Gasteiger partial charge is 0.330 e. The van der Waals surface area contributed by atoms with Gasteiger partial charge in [0.15, 0.2) is 0 Å². The van der Waals surface area contributed by atoms with Crippen LogP contribution >= 0.6 is 0 Å². The maximum absolute atomic E-state index is 11.5. The number of nitrogens with zero attached hydrogens (tertiary/aromatic N) is 2. The van der Waals surface area contributed by atoms with Gasteiger partial charge in [-0.1, -0.05) is 18.7 Å². The van der Waals surface area contributed by atoms with E-state index in [2.05, 4.69) is 16.8 Å². The molecule has 1 rings (SSSR count). The van der Waals surface area contributed by atoms with Gasteiger partial charge in [0.2, 0.25) is 0 Å². The van der Waals surface area contributed by atoms with Crippen molar-refractivity contribution in [2.45, 2.75) is 12.8 Å². The van der Waals surface area contributed by atoms with Gasteiger partial charge in [-0.2, -0.15) is 10.2 Å². The van der Waals surface area contributed by atoms with Crippen molar-refractivity contribution in [3.05, 3.63) is 48.6 Å². The molecule has 1 aromatic rings. The van der Waals surface area contributed by atoms with E-state index in [0.717, 1.165) is 17.3 Å². The van der Waals surface area contributed by atoms with Crippen molar-refractivity contribution in [1.82, 2.24) is 0 Å². The number of carbonyl (C=O) groups is 2. The zero-order chi connectivity index (χ0) is 16.9. The van der Waals surface area contributed by atoms with Gasteiger partial charge in [-0.25, -0.2) is 9.59 Å². The molecule has 0 bridgehead atoms. The maximum Gasteiger partial charge on any atom is 0.330 e. The minimum absolute atomic E-state index is 0.282. The number of unbranched alkanes of at least 4 members (excludes halogenated alkanes) is 1. The predicted molar refractivity (Wildman–Crippen MR) is 87.3 cm³/mol. The second-order valence-corrected chi connectivity index (χ2v) is 4.47. The van der Waals surface area contributed by atoms with E-state index in [9.17, 15) is 9.59 Å². The third-order valence-electron chi connectivity index (χ3n) is 2.71. The minimum atomic E-state index is -0.448. The summed E-state index contributed by atoms with van der Waals surface area (Å²) in [6.07, 6.45) is 5.41. The van der Waals surface area contributed by atoms with Crippen molar-refractivity contribution < 1.29 is 19.1 Å². The number of ether oxygens (including phenoxy) is 2. The van der Waals surface area contributed by atoms with Gasteiger partial charge in [0.05, 0.1) is 18.9 Å². The minimum Gasteiger partial charge on any atom is -0.463 e. The fraction of sp³-hybridized carbons (Fsp3) is 0.294. The molecule has 23 heavy (non-hydrogen) atoms. The van der Waals surface area contributed by atoms with E-state index in [1.54, 1.807) is 13.1 Å². The van der Waals surface area contributed by atoms with Gasteiger partial charge >= 0.3 is 11.9 Å². The largest absolute Gasteiger partial charge is 0.463 e. The first-order valence-corrected chi connectivity index (χ1v) is 7.19. The number of carbonyl (C=O) groups excluding carboxylic acids is 2. The Balaban J connectivity index is 2.22. The van der Waals surface area contributed by atoms with E-state index in [0.29, 0.717) is 19.4 Å². The highest BCUT2D eigenvalue weighted by atomic mass is 16.5. The standard InChI is InChI=1S/C17H20N2O4/c1-3-16(20)22-12-4-5-13-23-17(21)11-8-14-6-9-15(10-7-14)19-18-2/h3,6-11H,1,4-5,12-13H2,2H3. The second kappa shape index (κ2) is 10.9. The van der Waals surface area contributed by atoms with Crippen molar-refractivity contribution in [2.24, 2.45) is 10.2 Å². The zero-order valence-corrected chi connectivity index (χ0v) is 13.1. The van der Waals surface area contributed by atoms with E-state index in [1.807, 2.05) is 24.3 Å². The number of rotatable bonds is 9. The van der Waals surface area contributed by atoms with Crippen molar-refractivity contribution >= 4 is 23.7 Å². The van der Waals surface area contributed by atoms with Gasteiger partial charge < -0.3 is 9.47 Å². The first-order valence-electron chi connectivity index (χ1n) is 7.19. The molecular formula is C17H20N2O4. The molecule has 0 aromatic heterocycles. The molecule has 6 nitrogen and oxygen atoms in total. The van der Waals surface area contributed by atoms with Crippen LogP contribution in [-0.4, -0.2) is 32.2 Å². The molecule has 1 aromatic carbocycles. The summed E-state index contributed by atoms with van der Waals surface area (Å²) in [5.74, 6) is -0.859. The average Bonchev–Trinajstić information content (AvgIpc) is 2.57. The Morgan fingerprint density at radius 1 is 1.09 bits per heavy atom. The van der Waals surface area contributed by atoms with Crippen LogP contribution in [0.25, 0.3) is 6.08 Å². The molecule has 0 N–H and O–H groups in total. The Bertz CT molecular complexity index is 577. The topological polar surface area (TPSA) is 77.3 Å². The summed E-state index contributed by atoms with van der Waals surface area (Å²) in [7, 11) is 1.60. The van der Waals surface area contributed by atoms with Crippen LogP contribution in [0.2, 0.25) is 0 Å². The third kappa shape index (κ3) is 8.31. The molecule has 0 aliphatic rings. The summed E-state index contributed by atoms with van der Waals surface area (Å²) in [5, 5.41) is 7.58. The highest BCUT2D eigenvalue weighted by Crippen LogP contribution is 2.14. The summed E-state index contributed by atoms with van der Waals surface area (Å²) < 4.78 is 9.84. The lowest BCUT2D eigenvalue weighted by atomic mass is 10.2.